The van der Waals surface area contributed by atoms with Gasteiger partial charge in [0.25, 0.3) is 17.6 Å². The van der Waals surface area contributed by atoms with Crippen molar-refractivity contribution in [2.24, 2.45) is 0 Å². The third-order valence-corrected chi connectivity index (χ3v) is 6.55. The monoisotopic (exact) mass is 481 g/mol. The van der Waals surface area contributed by atoms with E-state index in [9.17, 15) is 18.8 Å². The molecule has 2 unspecified atom stereocenters. The molecule has 0 bridgehead atoms. The Kier molecular flexibility index (Phi) is 6.83. The maximum atomic E-state index is 13.6. The highest BCUT2D eigenvalue weighted by atomic mass is 19.1. The van der Waals surface area contributed by atoms with Crippen LogP contribution in [-0.2, 0) is 4.79 Å². The molecule has 0 spiro atoms. The maximum absolute atomic E-state index is 13.6. The van der Waals surface area contributed by atoms with E-state index in [1.165, 1.54) is 32.5 Å². The Balaban J connectivity index is 1.58. The van der Waals surface area contributed by atoms with E-state index >= 15 is 0 Å². The highest BCUT2D eigenvalue weighted by Crippen LogP contribution is 2.29. The number of piperazine rings is 1. The van der Waals surface area contributed by atoms with Crippen LogP contribution >= 0.6 is 0 Å². The Morgan fingerprint density at radius 3 is 2.54 bits per heavy atom. The van der Waals surface area contributed by atoms with Crippen LogP contribution in [0, 0.1) is 5.82 Å². The molecule has 1 aromatic carbocycles. The Morgan fingerprint density at radius 1 is 1.20 bits per heavy atom. The molecular weight excluding hydrogens is 453 g/mol. The van der Waals surface area contributed by atoms with E-state index in [4.69, 9.17) is 4.74 Å². The van der Waals surface area contributed by atoms with Crippen LogP contribution in [-0.4, -0.2) is 77.2 Å². The number of benzene rings is 1. The molecule has 4 rings (SSSR count). The van der Waals surface area contributed by atoms with Gasteiger partial charge in [-0.3, -0.25) is 19.3 Å². The van der Waals surface area contributed by atoms with E-state index in [0.717, 1.165) is 5.56 Å². The fourth-order valence-electron chi connectivity index (χ4n) is 4.51. The Bertz CT molecular complexity index is 1270. The number of nitrogens with one attached hydrogen (secondary N) is 2. The zero-order valence-corrected chi connectivity index (χ0v) is 20.1. The number of likely N-dealkylation sites (N-methyl/N-ethyl adjacent to an activating group) is 1. The molecule has 1 fully saturated rings. The first-order chi connectivity index (χ1) is 16.7. The number of rotatable bonds is 6. The number of amides is 2. The Labute approximate surface area is 202 Å². The zero-order chi connectivity index (χ0) is 25.3. The molecule has 10 heteroatoms. The van der Waals surface area contributed by atoms with Crippen LogP contribution in [0.25, 0.3) is 11.0 Å². The van der Waals surface area contributed by atoms with Gasteiger partial charge in [-0.1, -0.05) is 12.1 Å². The second-order valence-corrected chi connectivity index (χ2v) is 8.62. The molecule has 3 aromatic rings. The Hall–Kier alpha value is -3.79. The van der Waals surface area contributed by atoms with E-state index in [1.54, 1.807) is 23.1 Å². The molecule has 1 aliphatic rings. The second kappa shape index (κ2) is 9.83. The van der Waals surface area contributed by atoms with Crippen LogP contribution in [0.5, 0.6) is 5.88 Å². The van der Waals surface area contributed by atoms with Crippen molar-refractivity contribution in [2.75, 3.05) is 33.8 Å². The van der Waals surface area contributed by atoms with Gasteiger partial charge in [-0.05, 0) is 37.6 Å². The third kappa shape index (κ3) is 4.61. The van der Waals surface area contributed by atoms with Crippen LogP contribution in [0.4, 0.5) is 4.39 Å². The molecular formula is C25H28FN5O4. The minimum absolute atomic E-state index is 0.0704. The lowest BCUT2D eigenvalue weighted by Gasteiger charge is -2.42. The van der Waals surface area contributed by atoms with E-state index in [2.05, 4.69) is 27.1 Å². The maximum Gasteiger partial charge on any atom is 0.292 e. The fourth-order valence-corrected chi connectivity index (χ4v) is 4.51. The summed E-state index contributed by atoms with van der Waals surface area (Å²) in [6.07, 6.45) is 1.40. The van der Waals surface area contributed by atoms with Crippen LogP contribution in [0.2, 0.25) is 0 Å². The number of hydrogen-bond donors (Lipinski definition) is 2. The lowest BCUT2D eigenvalue weighted by atomic mass is 10.0. The molecule has 0 radical (unpaired) electrons. The first kappa shape index (κ1) is 24.3. The first-order valence-electron chi connectivity index (χ1n) is 11.4. The summed E-state index contributed by atoms with van der Waals surface area (Å²) in [6, 6.07) is 7.98. The van der Waals surface area contributed by atoms with Gasteiger partial charge < -0.3 is 19.9 Å². The van der Waals surface area contributed by atoms with Crippen molar-refractivity contribution in [3.05, 3.63) is 59.0 Å². The van der Waals surface area contributed by atoms with Crippen molar-refractivity contribution < 1.29 is 23.5 Å². The quantitative estimate of drug-likeness (QED) is 0.414. The third-order valence-electron chi connectivity index (χ3n) is 6.55. The number of halogens is 1. The van der Waals surface area contributed by atoms with Gasteiger partial charge in [0.05, 0.1) is 12.7 Å². The molecule has 1 aliphatic heterocycles. The number of H-pyrrole nitrogens is 1. The van der Waals surface area contributed by atoms with Gasteiger partial charge in [-0.15, -0.1) is 0 Å². The standard InChI is InChI=1S/C25H28FN5O4/c1-14-13-30(15(2)16-5-7-17(26)8-6-16)9-10-31(14)25(34)19-11-18-20(21(32)23(33)27-3)12-28-22(18)29-24(19)35-4/h5-8,11-12,14-15H,9-10,13H2,1-4H3,(H,27,33)(H,28,29). The number of carbonyl (C=O) groups is 3. The predicted molar refractivity (Wildman–Crippen MR) is 128 cm³/mol. The SMILES string of the molecule is CNC(=O)C(=O)c1c[nH]c2nc(OC)c(C(=O)N3CCN(C(C)c4ccc(F)cc4)CC3C)cc12. The van der Waals surface area contributed by atoms with E-state index < -0.39 is 11.7 Å². The molecule has 2 aromatic heterocycles. The average Bonchev–Trinajstić information content (AvgIpc) is 3.29. The number of nitrogens with zero attached hydrogens (tertiary/aromatic N) is 3. The number of ketones is 1. The van der Waals surface area contributed by atoms with Gasteiger partial charge in [0, 0.05) is 50.3 Å². The summed E-state index contributed by atoms with van der Waals surface area (Å²) in [5.41, 5.74) is 1.71. The van der Waals surface area contributed by atoms with Gasteiger partial charge >= 0.3 is 0 Å². The molecule has 3 heterocycles. The molecule has 184 valence electrons. The molecule has 1 saturated heterocycles. The number of fused-ring (bicyclic) bond motifs is 1. The van der Waals surface area contributed by atoms with E-state index in [0.29, 0.717) is 30.7 Å². The van der Waals surface area contributed by atoms with Crippen molar-refractivity contribution in [2.45, 2.75) is 25.9 Å². The summed E-state index contributed by atoms with van der Waals surface area (Å²) in [4.78, 5) is 49.2. The van der Waals surface area contributed by atoms with Gasteiger partial charge in [0.2, 0.25) is 5.88 Å². The largest absolute Gasteiger partial charge is 0.480 e. The highest BCUT2D eigenvalue weighted by molar-refractivity contribution is 6.44. The molecule has 0 aliphatic carbocycles. The van der Waals surface area contributed by atoms with Crippen molar-refractivity contribution >= 4 is 28.6 Å². The normalized spacial score (nSPS) is 17.3. The van der Waals surface area contributed by atoms with Gasteiger partial charge in [-0.2, -0.15) is 4.98 Å². The number of Topliss-reactive ketones (excluding diaryl/α,β-unsaturated/α-hetero) is 1. The number of pyridine rings is 1. The number of aromatic nitrogens is 2. The number of ether oxygens (including phenoxy) is 1. The minimum Gasteiger partial charge on any atom is -0.480 e. The highest BCUT2D eigenvalue weighted by Gasteiger charge is 2.33. The number of hydrogen-bond acceptors (Lipinski definition) is 6. The Morgan fingerprint density at radius 2 is 1.91 bits per heavy atom. The van der Waals surface area contributed by atoms with E-state index in [-0.39, 0.29) is 40.8 Å². The van der Waals surface area contributed by atoms with Crippen LogP contribution in [0.3, 0.4) is 0 Å². The first-order valence-corrected chi connectivity index (χ1v) is 11.4. The van der Waals surface area contributed by atoms with Crippen molar-refractivity contribution in [1.82, 2.24) is 25.1 Å². The van der Waals surface area contributed by atoms with Gasteiger partial charge in [-0.25, -0.2) is 4.39 Å². The van der Waals surface area contributed by atoms with Crippen molar-refractivity contribution in [3.8, 4) is 5.88 Å². The molecule has 9 nitrogen and oxygen atoms in total. The molecule has 2 amide bonds. The fraction of sp³-hybridized carbons (Fsp3) is 0.360. The van der Waals surface area contributed by atoms with Crippen molar-refractivity contribution in [1.29, 1.82) is 0 Å². The lowest BCUT2D eigenvalue weighted by molar-refractivity contribution is -0.116. The summed E-state index contributed by atoms with van der Waals surface area (Å²) in [7, 11) is 2.81. The van der Waals surface area contributed by atoms with Crippen molar-refractivity contribution in [3.63, 3.8) is 0 Å². The number of aromatic amines is 1. The summed E-state index contributed by atoms with van der Waals surface area (Å²) in [6.45, 7) is 5.78. The minimum atomic E-state index is -0.755. The molecule has 2 N–H and O–H groups in total. The summed E-state index contributed by atoms with van der Waals surface area (Å²) in [5, 5.41) is 2.69. The predicted octanol–water partition coefficient (Wildman–Crippen LogP) is 2.55. The van der Waals surface area contributed by atoms with Crippen LogP contribution in [0.15, 0.2) is 36.5 Å². The average molecular weight is 482 g/mol. The summed E-state index contributed by atoms with van der Waals surface area (Å²) < 4.78 is 18.7. The summed E-state index contributed by atoms with van der Waals surface area (Å²) >= 11 is 0. The van der Waals surface area contributed by atoms with Crippen LogP contribution in [0.1, 0.15) is 46.2 Å². The number of methoxy groups -OCH3 is 1. The zero-order valence-electron chi connectivity index (χ0n) is 20.1. The van der Waals surface area contributed by atoms with Gasteiger partial charge in [0.15, 0.2) is 0 Å². The second-order valence-electron chi connectivity index (χ2n) is 8.62. The molecule has 35 heavy (non-hydrogen) atoms. The lowest BCUT2D eigenvalue weighted by Crippen LogP contribution is -2.54. The molecule has 2 atom stereocenters. The van der Waals surface area contributed by atoms with Gasteiger partial charge in [0.1, 0.15) is 17.0 Å². The topological polar surface area (TPSA) is 108 Å². The number of carbonyl (C=O) groups excluding carboxylic acids is 3. The smallest absolute Gasteiger partial charge is 0.292 e. The summed E-state index contributed by atoms with van der Waals surface area (Å²) in [5.74, 6) is -1.88. The van der Waals surface area contributed by atoms with Crippen LogP contribution < -0.4 is 10.1 Å². The molecule has 0 saturated carbocycles. The van der Waals surface area contributed by atoms with E-state index in [1.807, 2.05) is 6.92 Å².